The van der Waals surface area contributed by atoms with E-state index in [2.05, 4.69) is 4.74 Å². The highest BCUT2D eigenvalue weighted by molar-refractivity contribution is 6.52. The Kier molecular flexibility index (Phi) is 1.41. The molecule has 1 unspecified atom stereocenters. The predicted octanol–water partition coefficient (Wildman–Crippen LogP) is 1.76. The minimum atomic E-state index is -1.11. The third-order valence-corrected chi connectivity index (χ3v) is 2.19. The van der Waals surface area contributed by atoms with Gasteiger partial charge in [-0.1, -0.05) is 23.2 Å². The van der Waals surface area contributed by atoms with Crippen molar-refractivity contribution in [3.8, 4) is 0 Å². The highest BCUT2D eigenvalue weighted by atomic mass is 35.5. The Balaban J connectivity index is 2.43. The zero-order valence-electron chi connectivity index (χ0n) is 3.33. The Morgan fingerprint density at radius 1 is 1.57 bits per heavy atom. The molecular formula is C3H3Cl3O. The van der Waals surface area contributed by atoms with E-state index in [1.54, 1.807) is 0 Å². The lowest BCUT2D eigenvalue weighted by Gasteiger charge is -2.34. The van der Waals surface area contributed by atoms with Crippen molar-refractivity contribution in [2.75, 3.05) is 6.61 Å². The molecule has 42 valence electrons. The van der Waals surface area contributed by atoms with Crippen molar-refractivity contribution in [2.24, 2.45) is 0 Å². The van der Waals surface area contributed by atoms with Crippen LogP contribution in [0.5, 0.6) is 0 Å². The number of alkyl halides is 3. The van der Waals surface area contributed by atoms with E-state index in [1.807, 2.05) is 0 Å². The molecule has 1 saturated heterocycles. The molecule has 1 heterocycles. The molecule has 0 amide bonds. The maximum Gasteiger partial charge on any atom is 0.236 e. The zero-order chi connectivity index (χ0) is 5.49. The Labute approximate surface area is 56.5 Å². The van der Waals surface area contributed by atoms with Gasteiger partial charge >= 0.3 is 0 Å². The number of halogens is 3. The van der Waals surface area contributed by atoms with Gasteiger partial charge in [-0.2, -0.15) is 0 Å². The van der Waals surface area contributed by atoms with Gasteiger partial charge in [0.2, 0.25) is 4.52 Å². The van der Waals surface area contributed by atoms with Gasteiger partial charge in [-0.25, -0.2) is 0 Å². The highest BCUT2D eigenvalue weighted by Crippen LogP contribution is 2.38. The van der Waals surface area contributed by atoms with Crippen molar-refractivity contribution in [1.29, 1.82) is 0 Å². The number of hydrogen-bond acceptors (Lipinski definition) is 1. The summed E-state index contributed by atoms with van der Waals surface area (Å²) in [6.45, 7) is 0.453. The molecule has 1 rings (SSSR count). The van der Waals surface area contributed by atoms with Crippen molar-refractivity contribution in [1.82, 2.24) is 0 Å². The summed E-state index contributed by atoms with van der Waals surface area (Å²) in [7, 11) is 0. The molecule has 0 bridgehead atoms. The Bertz CT molecular complexity index is 82.2. The molecule has 0 spiro atoms. The van der Waals surface area contributed by atoms with Crippen LogP contribution in [-0.4, -0.2) is 16.5 Å². The van der Waals surface area contributed by atoms with E-state index < -0.39 is 4.52 Å². The average Bonchev–Trinajstić information content (AvgIpc) is 1.63. The SMILES string of the molecule is ClC1COC1(Cl)Cl. The largest absolute Gasteiger partial charge is 0.344 e. The molecule has 0 aromatic heterocycles. The average molecular weight is 161 g/mol. The first-order valence-electron chi connectivity index (χ1n) is 1.79. The maximum atomic E-state index is 5.45. The van der Waals surface area contributed by atoms with Crippen LogP contribution in [0.15, 0.2) is 0 Å². The maximum absolute atomic E-state index is 5.45. The van der Waals surface area contributed by atoms with Gasteiger partial charge in [0.25, 0.3) is 0 Å². The van der Waals surface area contributed by atoms with Crippen LogP contribution >= 0.6 is 34.8 Å². The fourth-order valence-corrected chi connectivity index (χ4v) is 0.650. The van der Waals surface area contributed by atoms with E-state index >= 15 is 0 Å². The third-order valence-electron chi connectivity index (χ3n) is 0.787. The van der Waals surface area contributed by atoms with E-state index in [0.29, 0.717) is 6.61 Å². The molecule has 0 aromatic carbocycles. The number of hydrogen-bond donors (Lipinski definition) is 0. The lowest BCUT2D eigenvalue weighted by Crippen LogP contribution is -2.45. The first-order chi connectivity index (χ1) is 3.13. The fourth-order valence-electron chi connectivity index (χ4n) is 0.272. The molecule has 1 atom stereocenters. The van der Waals surface area contributed by atoms with Crippen LogP contribution in [-0.2, 0) is 4.74 Å². The van der Waals surface area contributed by atoms with Crippen LogP contribution in [0.2, 0.25) is 0 Å². The summed E-state index contributed by atoms with van der Waals surface area (Å²) >= 11 is 16.2. The standard InChI is InChI=1S/C3H3Cl3O/c4-2-1-7-3(2,5)6/h2H,1H2. The van der Waals surface area contributed by atoms with Gasteiger partial charge in [-0.05, 0) is 0 Å². The lowest BCUT2D eigenvalue weighted by molar-refractivity contribution is -0.0210. The van der Waals surface area contributed by atoms with Gasteiger partial charge in [0, 0.05) is 0 Å². The van der Waals surface area contributed by atoms with Crippen LogP contribution in [0.3, 0.4) is 0 Å². The Hall–Kier alpha value is 0.830. The third kappa shape index (κ3) is 0.968. The van der Waals surface area contributed by atoms with E-state index in [-0.39, 0.29) is 5.38 Å². The van der Waals surface area contributed by atoms with Gasteiger partial charge in [0.1, 0.15) is 5.38 Å². The lowest BCUT2D eigenvalue weighted by atomic mass is 10.4. The summed E-state index contributed by atoms with van der Waals surface area (Å²) in [4.78, 5) is 0. The molecule has 1 aliphatic rings. The summed E-state index contributed by atoms with van der Waals surface area (Å²) in [6, 6.07) is 0. The molecule has 0 aliphatic carbocycles. The van der Waals surface area contributed by atoms with Gasteiger partial charge in [-0.3, -0.25) is 0 Å². The minimum Gasteiger partial charge on any atom is -0.344 e. The molecule has 0 N–H and O–H groups in total. The molecule has 0 aromatic rings. The Morgan fingerprint density at radius 3 is 2.00 bits per heavy atom. The number of ether oxygens (including phenoxy) is 1. The van der Waals surface area contributed by atoms with Crippen molar-refractivity contribution in [3.05, 3.63) is 0 Å². The first kappa shape index (κ1) is 5.96. The highest BCUT2D eigenvalue weighted by Gasteiger charge is 2.44. The van der Waals surface area contributed by atoms with Crippen molar-refractivity contribution < 1.29 is 4.74 Å². The number of rotatable bonds is 0. The van der Waals surface area contributed by atoms with E-state index in [0.717, 1.165) is 0 Å². The predicted molar refractivity (Wildman–Crippen MR) is 30.0 cm³/mol. The second kappa shape index (κ2) is 1.66. The first-order valence-corrected chi connectivity index (χ1v) is 2.98. The molecular weight excluding hydrogens is 158 g/mol. The summed E-state index contributed by atoms with van der Waals surface area (Å²) in [5, 5.41) is -0.240. The molecule has 1 nitrogen and oxygen atoms in total. The molecule has 1 fully saturated rings. The van der Waals surface area contributed by atoms with Crippen molar-refractivity contribution in [2.45, 2.75) is 9.90 Å². The van der Waals surface area contributed by atoms with Gasteiger partial charge in [-0.15, -0.1) is 11.6 Å². The van der Waals surface area contributed by atoms with Gasteiger partial charge in [0.05, 0.1) is 6.61 Å². The summed E-state index contributed by atoms with van der Waals surface area (Å²) in [5.74, 6) is 0. The molecule has 7 heavy (non-hydrogen) atoms. The second-order valence-corrected chi connectivity index (χ2v) is 3.18. The Morgan fingerprint density at radius 2 is 2.00 bits per heavy atom. The topological polar surface area (TPSA) is 9.23 Å². The molecule has 1 aliphatic heterocycles. The van der Waals surface area contributed by atoms with Crippen LogP contribution in [0.25, 0.3) is 0 Å². The van der Waals surface area contributed by atoms with E-state index in [4.69, 9.17) is 34.8 Å². The van der Waals surface area contributed by atoms with Crippen molar-refractivity contribution >= 4 is 34.8 Å². The zero-order valence-corrected chi connectivity index (χ0v) is 5.59. The second-order valence-electron chi connectivity index (χ2n) is 1.34. The van der Waals surface area contributed by atoms with Crippen molar-refractivity contribution in [3.63, 3.8) is 0 Å². The van der Waals surface area contributed by atoms with E-state index in [9.17, 15) is 0 Å². The van der Waals surface area contributed by atoms with E-state index in [1.165, 1.54) is 0 Å². The van der Waals surface area contributed by atoms with Gasteiger partial charge in [0.15, 0.2) is 0 Å². The minimum absolute atomic E-state index is 0.240. The van der Waals surface area contributed by atoms with Crippen LogP contribution < -0.4 is 0 Å². The summed E-state index contributed by atoms with van der Waals surface area (Å²) in [5.41, 5.74) is 0. The molecule has 0 radical (unpaired) electrons. The molecule has 4 heteroatoms. The van der Waals surface area contributed by atoms with Gasteiger partial charge < -0.3 is 4.74 Å². The smallest absolute Gasteiger partial charge is 0.236 e. The van der Waals surface area contributed by atoms with Crippen LogP contribution in [0.4, 0.5) is 0 Å². The fraction of sp³-hybridized carbons (Fsp3) is 1.00. The monoisotopic (exact) mass is 160 g/mol. The van der Waals surface area contributed by atoms with Crippen LogP contribution in [0, 0.1) is 0 Å². The summed E-state index contributed by atoms with van der Waals surface area (Å²) < 4.78 is 3.52. The summed E-state index contributed by atoms with van der Waals surface area (Å²) in [6.07, 6.45) is 0. The quantitative estimate of drug-likeness (QED) is 0.492. The van der Waals surface area contributed by atoms with Crippen LogP contribution in [0.1, 0.15) is 0 Å². The normalized spacial score (nSPS) is 37.3. The molecule has 0 saturated carbocycles.